The van der Waals surface area contributed by atoms with Gasteiger partial charge >= 0.3 is 0 Å². The van der Waals surface area contributed by atoms with Crippen molar-refractivity contribution in [3.05, 3.63) is 63.9 Å². The molecule has 2 aromatic carbocycles. The molecule has 5 heteroatoms. The van der Waals surface area contributed by atoms with Crippen molar-refractivity contribution in [2.45, 2.75) is 6.04 Å². The van der Waals surface area contributed by atoms with Crippen LogP contribution in [-0.4, -0.2) is 6.54 Å². The summed E-state index contributed by atoms with van der Waals surface area (Å²) in [5, 5.41) is 4.10. The second-order valence-corrected chi connectivity index (χ2v) is 4.92. The lowest BCUT2D eigenvalue weighted by Gasteiger charge is -2.20. The molecule has 3 N–H and O–H groups in total. The van der Waals surface area contributed by atoms with Gasteiger partial charge in [0.2, 0.25) is 0 Å². The van der Waals surface area contributed by atoms with Crippen LogP contribution in [0, 0.1) is 5.82 Å². The monoisotopic (exact) mass is 298 g/mol. The molecule has 0 bridgehead atoms. The van der Waals surface area contributed by atoms with Gasteiger partial charge in [-0.3, -0.25) is 0 Å². The fraction of sp³-hybridized carbons (Fsp3) is 0.143. The molecule has 0 aromatic heterocycles. The van der Waals surface area contributed by atoms with Crippen LogP contribution in [0.25, 0.3) is 0 Å². The minimum absolute atomic E-state index is 0.276. The first-order valence-corrected chi connectivity index (χ1v) is 6.53. The number of benzene rings is 2. The first kappa shape index (κ1) is 14.1. The Balaban J connectivity index is 2.28. The van der Waals surface area contributed by atoms with Crippen molar-refractivity contribution in [2.24, 2.45) is 5.73 Å². The van der Waals surface area contributed by atoms with Crippen LogP contribution in [-0.2, 0) is 0 Å². The summed E-state index contributed by atoms with van der Waals surface area (Å²) in [5.41, 5.74) is 6.91. The van der Waals surface area contributed by atoms with E-state index in [2.05, 4.69) is 5.32 Å². The maximum atomic E-state index is 13.6. The summed E-state index contributed by atoms with van der Waals surface area (Å²) in [6.45, 7) is 0.287. The largest absolute Gasteiger partial charge is 0.375 e. The highest BCUT2D eigenvalue weighted by atomic mass is 35.5. The number of halogens is 3. The summed E-state index contributed by atoms with van der Waals surface area (Å²) < 4.78 is 13.6. The summed E-state index contributed by atoms with van der Waals surface area (Å²) in [5.74, 6) is -0.328. The van der Waals surface area contributed by atoms with Crippen LogP contribution in [0.5, 0.6) is 0 Å². The molecule has 1 atom stereocenters. The maximum Gasteiger partial charge on any atom is 0.146 e. The van der Waals surface area contributed by atoms with Crippen LogP contribution in [0.4, 0.5) is 10.1 Å². The standard InChI is InChI=1S/C14H13Cl2FN2/c15-9-5-6-10(11(16)7-9)14(8-18)19-13-4-2-1-3-12(13)17/h1-7,14,19H,8,18H2. The molecule has 0 aliphatic heterocycles. The van der Waals surface area contributed by atoms with Gasteiger partial charge in [-0.1, -0.05) is 41.4 Å². The topological polar surface area (TPSA) is 38.0 Å². The maximum absolute atomic E-state index is 13.6. The molecule has 100 valence electrons. The molecule has 2 nitrogen and oxygen atoms in total. The van der Waals surface area contributed by atoms with Gasteiger partial charge in [0.1, 0.15) is 5.82 Å². The van der Waals surface area contributed by atoms with Gasteiger partial charge in [-0.2, -0.15) is 0 Å². The van der Waals surface area contributed by atoms with E-state index in [1.165, 1.54) is 6.07 Å². The van der Waals surface area contributed by atoms with E-state index in [9.17, 15) is 4.39 Å². The first-order valence-electron chi connectivity index (χ1n) is 5.78. The van der Waals surface area contributed by atoms with Crippen LogP contribution in [0.2, 0.25) is 10.0 Å². The number of hydrogen-bond acceptors (Lipinski definition) is 2. The summed E-state index contributed by atoms with van der Waals surface area (Å²) in [4.78, 5) is 0. The minimum atomic E-state index is -0.328. The molecule has 2 aromatic rings. The minimum Gasteiger partial charge on any atom is -0.375 e. The van der Waals surface area contributed by atoms with E-state index in [4.69, 9.17) is 28.9 Å². The quantitative estimate of drug-likeness (QED) is 0.886. The molecule has 0 amide bonds. The Hall–Kier alpha value is -1.29. The molecule has 0 saturated carbocycles. The van der Waals surface area contributed by atoms with Crippen LogP contribution in [0.1, 0.15) is 11.6 Å². The van der Waals surface area contributed by atoms with E-state index < -0.39 is 0 Å². The van der Waals surface area contributed by atoms with Crippen molar-refractivity contribution in [1.82, 2.24) is 0 Å². The van der Waals surface area contributed by atoms with Gasteiger partial charge in [-0.15, -0.1) is 0 Å². The lowest BCUT2D eigenvalue weighted by molar-refractivity contribution is 0.626. The third-order valence-corrected chi connectivity index (χ3v) is 3.34. The molecule has 0 fully saturated rings. The second-order valence-electron chi connectivity index (χ2n) is 4.08. The van der Waals surface area contributed by atoms with E-state index in [0.717, 1.165) is 5.56 Å². The molecule has 0 spiro atoms. The zero-order valence-electron chi connectivity index (χ0n) is 10.0. The Kier molecular flexibility index (Phi) is 4.64. The number of nitrogens with one attached hydrogen (secondary N) is 1. The normalized spacial score (nSPS) is 12.2. The van der Waals surface area contributed by atoms with Crippen LogP contribution < -0.4 is 11.1 Å². The molecular weight excluding hydrogens is 286 g/mol. The summed E-state index contributed by atoms with van der Waals surface area (Å²) in [6.07, 6.45) is 0. The molecular formula is C14H13Cl2FN2. The average Bonchev–Trinajstić information content (AvgIpc) is 2.39. The Labute approximate surface area is 121 Å². The fourth-order valence-electron chi connectivity index (χ4n) is 1.81. The lowest BCUT2D eigenvalue weighted by atomic mass is 10.1. The molecule has 0 heterocycles. The number of nitrogens with two attached hydrogens (primary N) is 1. The van der Waals surface area contributed by atoms with Gasteiger partial charge in [0.15, 0.2) is 0 Å². The molecule has 2 rings (SSSR count). The second kappa shape index (κ2) is 6.24. The van der Waals surface area contributed by atoms with Crippen LogP contribution in [0.15, 0.2) is 42.5 Å². The van der Waals surface area contributed by atoms with Crippen molar-refractivity contribution in [2.75, 3.05) is 11.9 Å². The predicted octanol–water partition coefficient (Wildman–Crippen LogP) is 4.24. The van der Waals surface area contributed by atoms with Crippen molar-refractivity contribution in [1.29, 1.82) is 0 Å². The number of hydrogen-bond donors (Lipinski definition) is 2. The molecule has 0 aliphatic rings. The number of anilines is 1. The van der Waals surface area contributed by atoms with Gasteiger partial charge in [-0.25, -0.2) is 4.39 Å². The molecule has 0 saturated heterocycles. The molecule has 0 radical (unpaired) electrons. The van der Waals surface area contributed by atoms with E-state index in [1.807, 2.05) is 0 Å². The van der Waals surface area contributed by atoms with Crippen molar-refractivity contribution in [3.8, 4) is 0 Å². The lowest BCUT2D eigenvalue weighted by Crippen LogP contribution is -2.21. The van der Waals surface area contributed by atoms with E-state index >= 15 is 0 Å². The summed E-state index contributed by atoms with van der Waals surface area (Å²) in [7, 11) is 0. The van der Waals surface area contributed by atoms with Gasteiger partial charge in [0.05, 0.1) is 11.7 Å². The Morgan fingerprint density at radius 3 is 2.53 bits per heavy atom. The van der Waals surface area contributed by atoms with E-state index in [0.29, 0.717) is 15.7 Å². The third-order valence-electron chi connectivity index (χ3n) is 2.78. The Morgan fingerprint density at radius 1 is 1.16 bits per heavy atom. The first-order chi connectivity index (χ1) is 9.11. The van der Waals surface area contributed by atoms with Gasteiger partial charge in [-0.05, 0) is 29.8 Å². The molecule has 19 heavy (non-hydrogen) atoms. The molecule has 1 unspecified atom stereocenters. The smallest absolute Gasteiger partial charge is 0.146 e. The van der Waals surface area contributed by atoms with Crippen molar-refractivity contribution < 1.29 is 4.39 Å². The van der Waals surface area contributed by atoms with Crippen LogP contribution >= 0.6 is 23.2 Å². The third kappa shape index (κ3) is 3.38. The van der Waals surface area contributed by atoms with Gasteiger partial charge in [0, 0.05) is 16.6 Å². The van der Waals surface area contributed by atoms with E-state index in [-0.39, 0.29) is 18.4 Å². The zero-order valence-corrected chi connectivity index (χ0v) is 11.5. The van der Waals surface area contributed by atoms with E-state index in [1.54, 1.807) is 36.4 Å². The SMILES string of the molecule is NCC(Nc1ccccc1F)c1ccc(Cl)cc1Cl. The highest BCUT2D eigenvalue weighted by molar-refractivity contribution is 6.35. The Bertz CT molecular complexity index is 575. The zero-order chi connectivity index (χ0) is 13.8. The highest BCUT2D eigenvalue weighted by Crippen LogP contribution is 2.28. The Morgan fingerprint density at radius 2 is 1.89 bits per heavy atom. The fourth-order valence-corrected chi connectivity index (χ4v) is 2.35. The number of para-hydroxylation sites is 1. The van der Waals surface area contributed by atoms with Gasteiger partial charge in [0.25, 0.3) is 0 Å². The number of rotatable bonds is 4. The molecule has 0 aliphatic carbocycles. The van der Waals surface area contributed by atoms with Crippen molar-refractivity contribution >= 4 is 28.9 Å². The highest BCUT2D eigenvalue weighted by Gasteiger charge is 2.14. The van der Waals surface area contributed by atoms with Crippen molar-refractivity contribution in [3.63, 3.8) is 0 Å². The summed E-state index contributed by atoms with van der Waals surface area (Å²) in [6, 6.07) is 11.3. The van der Waals surface area contributed by atoms with Gasteiger partial charge < -0.3 is 11.1 Å². The predicted molar refractivity (Wildman–Crippen MR) is 78.3 cm³/mol. The average molecular weight is 299 g/mol. The summed E-state index contributed by atoms with van der Waals surface area (Å²) >= 11 is 12.0. The van der Waals surface area contributed by atoms with Crippen LogP contribution in [0.3, 0.4) is 0 Å².